The predicted octanol–water partition coefficient (Wildman–Crippen LogP) is 2.58. The average Bonchev–Trinajstić information content (AvgIpc) is 2.45. The van der Waals surface area contributed by atoms with E-state index < -0.39 is 4.92 Å². The number of pyridine rings is 1. The second-order valence-electron chi connectivity index (χ2n) is 4.29. The molecular weight excluding hydrogens is 272 g/mol. The number of hydrogen-bond donors (Lipinski definition) is 2. The van der Waals surface area contributed by atoms with Crippen molar-refractivity contribution in [2.45, 2.75) is 13.5 Å². The summed E-state index contributed by atoms with van der Waals surface area (Å²) in [7, 11) is 0. The molecule has 0 spiro atoms. The lowest BCUT2D eigenvalue weighted by atomic mass is 10.2. The van der Waals surface area contributed by atoms with Crippen molar-refractivity contribution in [1.29, 1.82) is 0 Å². The Kier molecular flexibility index (Phi) is 4.55. The van der Waals surface area contributed by atoms with Gasteiger partial charge in [0.05, 0.1) is 11.5 Å². The van der Waals surface area contributed by atoms with E-state index in [0.29, 0.717) is 19.0 Å². The molecule has 2 rings (SSSR count). The lowest BCUT2D eigenvalue weighted by Crippen LogP contribution is -2.05. The molecule has 0 bridgehead atoms. The first-order valence-electron chi connectivity index (χ1n) is 6.46. The monoisotopic (exact) mass is 288 g/mol. The molecular formula is C14H16N4O3. The topological polar surface area (TPSA) is 103 Å². The molecule has 0 aliphatic carbocycles. The van der Waals surface area contributed by atoms with Gasteiger partial charge in [0, 0.05) is 12.6 Å². The fourth-order valence-corrected chi connectivity index (χ4v) is 1.82. The van der Waals surface area contributed by atoms with Gasteiger partial charge >= 0.3 is 5.69 Å². The standard InChI is InChI=1S/C14H16N4O3/c1-2-21-11-5-3-4-10(8-11)9-16-13-7-6-12(18(19)20)14(15)17-13/h3-8H,2,9H2,1H3,(H3,15,16,17). The number of benzene rings is 1. The number of nitrogens with two attached hydrogens (primary N) is 1. The van der Waals surface area contributed by atoms with Gasteiger partial charge in [0.2, 0.25) is 5.82 Å². The molecule has 1 aromatic heterocycles. The van der Waals surface area contributed by atoms with Gasteiger partial charge in [-0.2, -0.15) is 0 Å². The van der Waals surface area contributed by atoms with Crippen LogP contribution in [0.3, 0.4) is 0 Å². The van der Waals surface area contributed by atoms with Crippen molar-refractivity contribution in [3.05, 3.63) is 52.1 Å². The fraction of sp³-hybridized carbons (Fsp3) is 0.214. The normalized spacial score (nSPS) is 10.1. The van der Waals surface area contributed by atoms with Crippen LogP contribution in [-0.4, -0.2) is 16.5 Å². The minimum Gasteiger partial charge on any atom is -0.494 e. The van der Waals surface area contributed by atoms with Gasteiger partial charge in [0.15, 0.2) is 0 Å². The Labute approximate surface area is 121 Å². The Morgan fingerprint density at radius 3 is 2.86 bits per heavy atom. The molecule has 0 aliphatic rings. The lowest BCUT2D eigenvalue weighted by molar-refractivity contribution is -0.384. The summed E-state index contributed by atoms with van der Waals surface area (Å²) in [5.74, 6) is 1.18. The number of nitro groups is 1. The fourth-order valence-electron chi connectivity index (χ4n) is 1.82. The maximum atomic E-state index is 10.7. The quantitative estimate of drug-likeness (QED) is 0.625. The molecule has 2 aromatic rings. The first-order valence-corrected chi connectivity index (χ1v) is 6.46. The van der Waals surface area contributed by atoms with Crippen LogP contribution in [0.15, 0.2) is 36.4 Å². The van der Waals surface area contributed by atoms with Gasteiger partial charge in [-0.05, 0) is 30.7 Å². The Morgan fingerprint density at radius 2 is 2.19 bits per heavy atom. The number of ether oxygens (including phenoxy) is 1. The highest BCUT2D eigenvalue weighted by Gasteiger charge is 2.12. The molecule has 0 fully saturated rings. The predicted molar refractivity (Wildman–Crippen MR) is 80.2 cm³/mol. The van der Waals surface area contributed by atoms with E-state index in [1.807, 2.05) is 31.2 Å². The second-order valence-corrected chi connectivity index (χ2v) is 4.29. The molecule has 0 radical (unpaired) electrons. The number of anilines is 2. The Hall–Kier alpha value is -2.83. The Morgan fingerprint density at radius 1 is 1.38 bits per heavy atom. The largest absolute Gasteiger partial charge is 0.494 e. The van der Waals surface area contributed by atoms with Crippen molar-refractivity contribution in [2.24, 2.45) is 0 Å². The van der Waals surface area contributed by atoms with Gasteiger partial charge in [-0.15, -0.1) is 0 Å². The zero-order chi connectivity index (χ0) is 15.2. The average molecular weight is 288 g/mol. The van der Waals surface area contributed by atoms with Gasteiger partial charge in [-0.1, -0.05) is 12.1 Å². The zero-order valence-corrected chi connectivity index (χ0v) is 11.6. The summed E-state index contributed by atoms with van der Waals surface area (Å²) >= 11 is 0. The minimum atomic E-state index is -0.558. The molecule has 0 saturated heterocycles. The Bertz CT molecular complexity index is 646. The van der Waals surface area contributed by atoms with Crippen molar-refractivity contribution < 1.29 is 9.66 Å². The molecule has 0 aliphatic heterocycles. The molecule has 110 valence electrons. The number of aromatic nitrogens is 1. The first kappa shape index (κ1) is 14.6. The summed E-state index contributed by atoms with van der Waals surface area (Å²) < 4.78 is 5.42. The van der Waals surface area contributed by atoms with Crippen LogP contribution in [0.25, 0.3) is 0 Å². The summed E-state index contributed by atoms with van der Waals surface area (Å²) in [6.45, 7) is 3.05. The first-order chi connectivity index (χ1) is 10.1. The van der Waals surface area contributed by atoms with Crippen LogP contribution >= 0.6 is 0 Å². The molecule has 1 heterocycles. The highest BCUT2D eigenvalue weighted by Crippen LogP contribution is 2.21. The van der Waals surface area contributed by atoms with Gasteiger partial charge in [-0.25, -0.2) is 4.98 Å². The molecule has 7 heteroatoms. The van der Waals surface area contributed by atoms with E-state index >= 15 is 0 Å². The van der Waals surface area contributed by atoms with Crippen molar-refractivity contribution >= 4 is 17.3 Å². The number of nitrogens with zero attached hydrogens (tertiary/aromatic N) is 2. The van der Waals surface area contributed by atoms with E-state index in [2.05, 4.69) is 10.3 Å². The number of nitrogen functional groups attached to an aromatic ring is 1. The smallest absolute Gasteiger partial charge is 0.311 e. The summed E-state index contributed by atoms with van der Waals surface area (Å²) in [6.07, 6.45) is 0. The van der Waals surface area contributed by atoms with Gasteiger partial charge in [-0.3, -0.25) is 10.1 Å². The molecule has 7 nitrogen and oxygen atoms in total. The van der Waals surface area contributed by atoms with Crippen LogP contribution in [0.2, 0.25) is 0 Å². The van der Waals surface area contributed by atoms with E-state index in [4.69, 9.17) is 10.5 Å². The third kappa shape index (κ3) is 3.82. The van der Waals surface area contributed by atoms with Crippen LogP contribution in [-0.2, 0) is 6.54 Å². The van der Waals surface area contributed by atoms with Gasteiger partial charge < -0.3 is 15.8 Å². The number of nitrogens with one attached hydrogen (secondary N) is 1. The molecule has 0 unspecified atom stereocenters. The third-order valence-corrected chi connectivity index (χ3v) is 2.78. The zero-order valence-electron chi connectivity index (χ0n) is 11.6. The van der Waals surface area contributed by atoms with Crippen molar-refractivity contribution in [3.8, 4) is 5.75 Å². The summed E-state index contributed by atoms with van der Waals surface area (Å²) in [5, 5.41) is 13.7. The van der Waals surface area contributed by atoms with E-state index in [-0.39, 0.29) is 11.5 Å². The number of hydrogen-bond acceptors (Lipinski definition) is 6. The van der Waals surface area contributed by atoms with Crippen LogP contribution in [0.4, 0.5) is 17.3 Å². The number of rotatable bonds is 6. The highest BCUT2D eigenvalue weighted by molar-refractivity contribution is 5.57. The van der Waals surface area contributed by atoms with Crippen LogP contribution < -0.4 is 15.8 Å². The van der Waals surface area contributed by atoms with E-state index in [0.717, 1.165) is 11.3 Å². The van der Waals surface area contributed by atoms with E-state index in [1.54, 1.807) is 0 Å². The van der Waals surface area contributed by atoms with Crippen molar-refractivity contribution in [1.82, 2.24) is 4.98 Å². The molecule has 3 N–H and O–H groups in total. The molecule has 21 heavy (non-hydrogen) atoms. The molecule has 0 saturated carbocycles. The highest BCUT2D eigenvalue weighted by atomic mass is 16.6. The summed E-state index contributed by atoms with van der Waals surface area (Å²) in [5.41, 5.74) is 6.36. The third-order valence-electron chi connectivity index (χ3n) is 2.78. The van der Waals surface area contributed by atoms with Gasteiger partial charge in [0.1, 0.15) is 11.6 Å². The van der Waals surface area contributed by atoms with Crippen LogP contribution in [0.5, 0.6) is 5.75 Å². The SMILES string of the molecule is CCOc1cccc(CNc2ccc([N+](=O)[O-])c(N)n2)c1. The Balaban J connectivity index is 2.04. The van der Waals surface area contributed by atoms with E-state index in [1.165, 1.54) is 12.1 Å². The van der Waals surface area contributed by atoms with Crippen LogP contribution in [0.1, 0.15) is 12.5 Å². The lowest BCUT2D eigenvalue weighted by Gasteiger charge is -2.08. The maximum Gasteiger partial charge on any atom is 0.311 e. The summed E-state index contributed by atoms with van der Waals surface area (Å²) in [6, 6.07) is 10.5. The van der Waals surface area contributed by atoms with Crippen molar-refractivity contribution in [2.75, 3.05) is 17.7 Å². The minimum absolute atomic E-state index is 0.104. The van der Waals surface area contributed by atoms with Crippen molar-refractivity contribution in [3.63, 3.8) is 0 Å². The molecule has 1 aromatic carbocycles. The molecule has 0 atom stereocenters. The van der Waals surface area contributed by atoms with Crippen LogP contribution in [0, 0.1) is 10.1 Å². The second kappa shape index (κ2) is 6.56. The van der Waals surface area contributed by atoms with E-state index in [9.17, 15) is 10.1 Å². The summed E-state index contributed by atoms with van der Waals surface area (Å²) in [4.78, 5) is 14.1. The van der Waals surface area contributed by atoms with Gasteiger partial charge in [0.25, 0.3) is 0 Å². The maximum absolute atomic E-state index is 10.7. The molecule has 0 amide bonds.